The largest absolute Gasteiger partial charge is 0.481 e. The number of carbonyl (C=O) groups excluding carboxylic acids is 3. The minimum Gasteiger partial charge on any atom is -0.481 e. The van der Waals surface area contributed by atoms with Gasteiger partial charge in [-0.05, 0) is 35.4 Å². The molecule has 0 bridgehead atoms. The molecule has 0 saturated carbocycles. The van der Waals surface area contributed by atoms with Crippen LogP contribution in [0.25, 0.3) is 0 Å². The first-order valence-electron chi connectivity index (χ1n) is 17.3. The normalized spacial score (nSPS) is 11.4. The Morgan fingerprint density at radius 2 is 0.877 bits per heavy atom. The van der Waals surface area contributed by atoms with E-state index in [9.17, 15) is 58.0 Å². The Kier molecular flexibility index (Phi) is 17.8. The van der Waals surface area contributed by atoms with E-state index in [4.69, 9.17) is 18.9 Å². The summed E-state index contributed by atoms with van der Waals surface area (Å²) in [5.41, 5.74) is -0.662. The van der Waals surface area contributed by atoms with Gasteiger partial charge in [-0.2, -0.15) is 19.9 Å². The van der Waals surface area contributed by atoms with Crippen molar-refractivity contribution in [2.45, 2.75) is 22.9 Å². The SMILES string of the molecule is COC(=O)c1ccc(CNS(C)(=O)=O)cc1S(=O)(=O)NC(=O)Nc1nc(OC)cc(OC)n1.COc1cc(OC)nc(NC(=O)NS(=O)(=O)c2cc(CNS(C)(=O)=O)ccc2C(=O)O)n1. The molecule has 7 N–H and O–H groups in total. The molecule has 0 aliphatic carbocycles. The van der Waals surface area contributed by atoms with Gasteiger partial charge in [-0.25, -0.2) is 71.7 Å². The van der Waals surface area contributed by atoms with Gasteiger partial charge in [0.25, 0.3) is 20.0 Å². The molecule has 0 unspecified atom stereocenters. The van der Waals surface area contributed by atoms with Crippen LogP contribution in [0.5, 0.6) is 23.5 Å². The van der Waals surface area contributed by atoms with E-state index in [2.05, 4.69) is 44.8 Å². The van der Waals surface area contributed by atoms with Crippen molar-refractivity contribution in [1.82, 2.24) is 38.8 Å². The quantitative estimate of drug-likeness (QED) is 0.0623. The van der Waals surface area contributed by atoms with E-state index in [-0.39, 0.29) is 65.2 Å². The number of carboxylic acids is 1. The van der Waals surface area contributed by atoms with Crippen molar-refractivity contribution in [2.24, 2.45) is 0 Å². The molecule has 2 aromatic heterocycles. The molecule has 0 radical (unpaired) electrons. The van der Waals surface area contributed by atoms with Crippen molar-refractivity contribution >= 4 is 76.0 Å². The van der Waals surface area contributed by atoms with Crippen molar-refractivity contribution in [1.29, 1.82) is 0 Å². The molecule has 0 fully saturated rings. The maximum atomic E-state index is 12.9. The highest BCUT2D eigenvalue weighted by Crippen LogP contribution is 2.22. The van der Waals surface area contributed by atoms with Crippen molar-refractivity contribution in [3.63, 3.8) is 0 Å². The zero-order chi connectivity index (χ0) is 48.9. The third-order valence-corrected chi connectivity index (χ3v) is 11.6. The second-order valence-electron chi connectivity index (χ2n) is 12.3. The van der Waals surface area contributed by atoms with Gasteiger partial charge in [0.2, 0.25) is 55.5 Å². The fourth-order valence-electron chi connectivity index (χ4n) is 4.63. The van der Waals surface area contributed by atoms with Gasteiger partial charge >= 0.3 is 24.0 Å². The third kappa shape index (κ3) is 16.3. The fourth-order valence-corrected chi connectivity index (χ4v) is 7.79. The van der Waals surface area contributed by atoms with Crippen LogP contribution in [0.15, 0.2) is 58.3 Å². The van der Waals surface area contributed by atoms with Gasteiger partial charge in [-0.15, -0.1) is 0 Å². The number of hydrogen-bond donors (Lipinski definition) is 7. The second kappa shape index (κ2) is 22.1. The summed E-state index contributed by atoms with van der Waals surface area (Å²) in [6, 6.07) is 6.74. The molecular formula is C33H40N10O18S4. The topological polar surface area (TPSA) is 395 Å². The smallest absolute Gasteiger partial charge is 0.339 e. The van der Waals surface area contributed by atoms with Gasteiger partial charge in [-0.1, -0.05) is 12.1 Å². The van der Waals surface area contributed by atoms with Gasteiger partial charge in [0.15, 0.2) is 0 Å². The number of carboxylic acid groups (broad SMARTS) is 1. The molecule has 0 aliphatic rings. The van der Waals surface area contributed by atoms with Crippen LogP contribution in [-0.2, 0) is 57.9 Å². The summed E-state index contributed by atoms with van der Waals surface area (Å²) < 4.78 is 128. The number of ether oxygens (including phenoxy) is 5. The number of anilines is 2. The maximum Gasteiger partial charge on any atom is 0.339 e. The molecule has 4 amide bonds. The molecule has 65 heavy (non-hydrogen) atoms. The highest BCUT2D eigenvalue weighted by molar-refractivity contribution is 7.90. The number of amides is 4. The Balaban J connectivity index is 0.000000345. The molecule has 2 heterocycles. The zero-order valence-corrected chi connectivity index (χ0v) is 38.1. The Morgan fingerprint density at radius 3 is 1.18 bits per heavy atom. The minimum absolute atomic E-state index is 0.0225. The number of nitrogens with one attached hydrogen (secondary N) is 6. The summed E-state index contributed by atoms with van der Waals surface area (Å²) in [6.45, 7) is -0.558. The summed E-state index contributed by atoms with van der Waals surface area (Å²) >= 11 is 0. The molecule has 4 aromatic rings. The summed E-state index contributed by atoms with van der Waals surface area (Å²) in [4.78, 5) is 62.0. The number of urea groups is 2. The Bertz CT molecular complexity index is 2860. The van der Waals surface area contributed by atoms with Crippen LogP contribution in [0.4, 0.5) is 21.5 Å². The first kappa shape index (κ1) is 52.3. The number of carbonyl (C=O) groups is 4. The maximum absolute atomic E-state index is 12.9. The van der Waals surface area contributed by atoms with Crippen LogP contribution in [-0.4, -0.2) is 131 Å². The molecule has 0 saturated heterocycles. The molecule has 0 atom stereocenters. The number of nitrogens with zero attached hydrogens (tertiary/aromatic N) is 4. The standard InChI is InChI=1S/C17H21N5O9S2.C16H19N5O9S2/c1-29-13-8-14(30-2)20-16(19-13)21-17(24)22-33(27,28)12-7-10(9-18-32(4,25)26)5-6-11(12)15(23)31-3;1-29-12-7-13(30-2)19-15(18-12)20-16(24)21-32(27,28)11-6-9(8-17-31(3,25)26)4-5-10(11)14(22)23/h5-8,18H,9H2,1-4H3,(H2,19,20,21,22,24);4-7,17H,8H2,1-3H3,(H,22,23)(H2,18,19,20,21,24). The summed E-state index contributed by atoms with van der Waals surface area (Å²) in [5.74, 6) is -3.10. The van der Waals surface area contributed by atoms with E-state index >= 15 is 0 Å². The lowest BCUT2D eigenvalue weighted by molar-refractivity contribution is 0.0595. The molecule has 354 valence electrons. The van der Waals surface area contributed by atoms with Crippen LogP contribution in [0.2, 0.25) is 0 Å². The van der Waals surface area contributed by atoms with Crippen molar-refractivity contribution in [2.75, 3.05) is 58.7 Å². The number of hydrogen-bond acceptors (Lipinski definition) is 21. The lowest BCUT2D eigenvalue weighted by atomic mass is 10.1. The number of aromatic carboxylic acids is 1. The van der Waals surface area contributed by atoms with Crippen molar-refractivity contribution < 1.29 is 81.6 Å². The van der Waals surface area contributed by atoms with Crippen LogP contribution in [0.3, 0.4) is 0 Å². The highest BCUT2D eigenvalue weighted by Gasteiger charge is 2.28. The van der Waals surface area contributed by atoms with E-state index in [0.717, 1.165) is 43.9 Å². The molecule has 28 nitrogen and oxygen atoms in total. The van der Waals surface area contributed by atoms with Crippen LogP contribution in [0, 0.1) is 0 Å². The number of benzene rings is 2. The fraction of sp³-hybridized carbons (Fsp3) is 0.273. The number of aromatic nitrogens is 4. The Morgan fingerprint density at radius 1 is 0.538 bits per heavy atom. The number of rotatable bonds is 18. The summed E-state index contributed by atoms with van der Waals surface area (Å²) in [7, 11) is -10.2. The number of methoxy groups -OCH3 is 5. The van der Waals surface area contributed by atoms with Crippen molar-refractivity contribution in [3.05, 3.63) is 70.8 Å². The lowest BCUT2D eigenvalue weighted by Crippen LogP contribution is -2.36. The highest BCUT2D eigenvalue weighted by atomic mass is 32.2. The Hall–Kier alpha value is -7.00. The zero-order valence-electron chi connectivity index (χ0n) is 34.8. The molecule has 32 heteroatoms. The van der Waals surface area contributed by atoms with E-state index in [1.807, 2.05) is 0 Å². The summed E-state index contributed by atoms with van der Waals surface area (Å²) in [5, 5.41) is 13.5. The first-order valence-corrected chi connectivity index (χ1v) is 24.1. The average molecular weight is 993 g/mol. The van der Waals surface area contributed by atoms with Gasteiger partial charge in [0.1, 0.15) is 9.79 Å². The molecule has 0 aliphatic heterocycles. The van der Waals surface area contributed by atoms with Crippen LogP contribution in [0.1, 0.15) is 31.8 Å². The van der Waals surface area contributed by atoms with Gasteiger partial charge < -0.3 is 28.8 Å². The van der Waals surface area contributed by atoms with E-state index in [1.54, 1.807) is 9.44 Å². The number of sulfonamides is 4. The predicted molar refractivity (Wildman–Crippen MR) is 224 cm³/mol. The monoisotopic (exact) mass is 992 g/mol. The molecule has 4 rings (SSSR count). The summed E-state index contributed by atoms with van der Waals surface area (Å²) in [6.07, 6.45) is 1.83. The van der Waals surface area contributed by atoms with Crippen LogP contribution >= 0.6 is 0 Å². The van der Waals surface area contributed by atoms with Gasteiger partial charge in [0.05, 0.1) is 71.3 Å². The number of esters is 1. The third-order valence-electron chi connectivity index (χ3n) is 7.48. The van der Waals surface area contributed by atoms with Crippen molar-refractivity contribution in [3.8, 4) is 23.5 Å². The van der Waals surface area contributed by atoms with E-state index < -0.39 is 79.4 Å². The lowest BCUT2D eigenvalue weighted by Gasteiger charge is -2.13. The van der Waals surface area contributed by atoms with E-state index in [1.165, 1.54) is 52.7 Å². The average Bonchev–Trinajstić information content (AvgIpc) is 3.23. The van der Waals surface area contributed by atoms with E-state index in [0.29, 0.717) is 0 Å². The first-order chi connectivity index (χ1) is 30.2. The van der Waals surface area contributed by atoms with Crippen LogP contribution < -0.4 is 48.5 Å². The molecular weight excluding hydrogens is 953 g/mol. The van der Waals surface area contributed by atoms with Gasteiger partial charge in [0, 0.05) is 13.1 Å². The van der Waals surface area contributed by atoms with Gasteiger partial charge in [-0.3, -0.25) is 10.6 Å². The second-order valence-corrected chi connectivity index (χ2v) is 19.3. The molecule has 0 spiro atoms. The minimum atomic E-state index is -4.70. The molecule has 2 aromatic carbocycles. The predicted octanol–water partition coefficient (Wildman–Crippen LogP) is -0.408. The Labute approximate surface area is 371 Å².